The van der Waals surface area contributed by atoms with E-state index < -0.39 is 58.0 Å². The number of nitrogens with two attached hydrogens (primary N) is 1. The Balaban J connectivity index is 1.69. The second-order valence-corrected chi connectivity index (χ2v) is 12.1. The lowest BCUT2D eigenvalue weighted by Crippen LogP contribution is -2.65. The topological polar surface area (TPSA) is 168 Å². The molecular weight excluding hydrogens is 516 g/mol. The van der Waals surface area contributed by atoms with Crippen molar-refractivity contribution in [2.75, 3.05) is 39.6 Å². The number of rotatable bonds is 5. The van der Waals surface area contributed by atoms with Crippen LogP contribution in [0.1, 0.15) is 42.9 Å². The summed E-state index contributed by atoms with van der Waals surface area (Å²) in [6.45, 7) is 3.74. The first-order chi connectivity index (χ1) is 18.7. The zero-order valence-electron chi connectivity index (χ0n) is 23.6. The summed E-state index contributed by atoms with van der Waals surface area (Å²) in [5.41, 5.74) is 4.30. The van der Waals surface area contributed by atoms with Crippen molar-refractivity contribution in [1.29, 1.82) is 0 Å². The van der Waals surface area contributed by atoms with Crippen molar-refractivity contribution in [2.24, 2.45) is 17.6 Å². The minimum atomic E-state index is -2.64. The van der Waals surface area contributed by atoms with Crippen LogP contribution in [0.5, 0.6) is 5.75 Å². The maximum atomic E-state index is 14.0. The van der Waals surface area contributed by atoms with Crippen LogP contribution in [0.15, 0.2) is 23.0 Å². The molecule has 2 fully saturated rings. The van der Waals surface area contributed by atoms with Gasteiger partial charge >= 0.3 is 0 Å². The Labute approximate surface area is 233 Å². The van der Waals surface area contributed by atoms with E-state index in [9.17, 15) is 34.8 Å². The molecular formula is C29H38N4O7. The van der Waals surface area contributed by atoms with Gasteiger partial charge in [-0.3, -0.25) is 24.2 Å². The average Bonchev–Trinajstić information content (AvgIpc) is 3.24. The number of hydrogen-bond acceptors (Lipinski definition) is 10. The van der Waals surface area contributed by atoms with Crippen LogP contribution in [0.2, 0.25) is 0 Å². The van der Waals surface area contributed by atoms with E-state index in [0.717, 1.165) is 30.6 Å². The zero-order chi connectivity index (χ0) is 29.4. The molecule has 4 aliphatic rings. The molecule has 1 saturated carbocycles. The van der Waals surface area contributed by atoms with E-state index in [1.54, 1.807) is 20.2 Å². The van der Waals surface area contributed by atoms with Gasteiger partial charge in [0.15, 0.2) is 11.4 Å². The number of phenolic OH excluding ortho intramolecular Hbond substituents is 1. The third-order valence-electron chi connectivity index (χ3n) is 9.28. The molecule has 40 heavy (non-hydrogen) atoms. The number of phenols is 1. The SMILES string of the molecule is C[C@@H]1CCCN1Cc1cc(O)c2c(c1N(C)C)C[C@H]1C[C@H]3[C@H](N(C)C)C(=O)C(C(N)=O)=C(O)[C@@]3(O)C(=O)C1=C2O. The molecule has 0 bridgehead atoms. The number of Topliss-reactive ketones (excluding diaryl/α,β-unsaturated/α-hetero) is 2. The third-order valence-corrected chi connectivity index (χ3v) is 9.28. The van der Waals surface area contributed by atoms with E-state index >= 15 is 0 Å². The third kappa shape index (κ3) is 3.86. The summed E-state index contributed by atoms with van der Waals surface area (Å²) >= 11 is 0. The molecule has 1 heterocycles. The van der Waals surface area contributed by atoms with Gasteiger partial charge in [-0.2, -0.15) is 0 Å². The summed E-state index contributed by atoms with van der Waals surface area (Å²) in [6, 6.07) is 0.909. The van der Waals surface area contributed by atoms with Gasteiger partial charge in [0.1, 0.15) is 22.8 Å². The predicted molar refractivity (Wildman–Crippen MR) is 148 cm³/mol. The number of fused-ring (bicyclic) bond motifs is 3. The minimum Gasteiger partial charge on any atom is -0.508 e. The first-order valence-electron chi connectivity index (χ1n) is 13.7. The van der Waals surface area contributed by atoms with Gasteiger partial charge in [0.05, 0.1) is 11.6 Å². The molecule has 11 heteroatoms. The number of aliphatic hydroxyl groups excluding tert-OH is 2. The Morgan fingerprint density at radius 2 is 1.85 bits per heavy atom. The molecule has 1 aromatic carbocycles. The molecule has 0 unspecified atom stereocenters. The Morgan fingerprint density at radius 1 is 1.18 bits per heavy atom. The van der Waals surface area contributed by atoms with Crippen LogP contribution in [0, 0.1) is 11.8 Å². The van der Waals surface area contributed by atoms with Crippen molar-refractivity contribution in [1.82, 2.24) is 9.80 Å². The van der Waals surface area contributed by atoms with E-state index in [4.69, 9.17) is 5.73 Å². The minimum absolute atomic E-state index is 0.0623. The van der Waals surface area contributed by atoms with Gasteiger partial charge in [-0.05, 0) is 76.4 Å². The summed E-state index contributed by atoms with van der Waals surface area (Å²) in [4.78, 5) is 45.2. The number of aliphatic hydroxyl groups is 3. The van der Waals surface area contributed by atoms with Crippen molar-refractivity contribution < 1.29 is 34.8 Å². The summed E-state index contributed by atoms with van der Waals surface area (Å²) < 4.78 is 0. The fourth-order valence-electron chi connectivity index (χ4n) is 7.49. The molecule has 1 amide bonds. The second-order valence-electron chi connectivity index (χ2n) is 12.1. The van der Waals surface area contributed by atoms with E-state index in [1.807, 2.05) is 19.0 Å². The molecule has 1 saturated heterocycles. The number of aromatic hydroxyl groups is 1. The van der Waals surface area contributed by atoms with Crippen LogP contribution in [0.25, 0.3) is 5.76 Å². The van der Waals surface area contributed by atoms with E-state index in [-0.39, 0.29) is 29.7 Å². The quantitative estimate of drug-likeness (QED) is 0.331. The second kappa shape index (κ2) is 9.60. The summed E-state index contributed by atoms with van der Waals surface area (Å²) in [7, 11) is 6.95. The monoisotopic (exact) mass is 554 g/mol. The summed E-state index contributed by atoms with van der Waals surface area (Å²) in [6.07, 6.45) is 2.52. The highest BCUT2D eigenvalue weighted by molar-refractivity contribution is 6.24. The highest BCUT2D eigenvalue weighted by Gasteiger charge is 2.64. The van der Waals surface area contributed by atoms with Crippen LogP contribution < -0.4 is 10.6 Å². The fourth-order valence-corrected chi connectivity index (χ4v) is 7.49. The maximum Gasteiger partial charge on any atom is 0.255 e. The first kappa shape index (κ1) is 28.1. The Kier molecular flexibility index (Phi) is 6.75. The predicted octanol–water partition coefficient (Wildman–Crippen LogP) is 1.01. The Hall–Kier alpha value is -3.41. The number of anilines is 1. The number of likely N-dealkylation sites (N-methyl/N-ethyl adjacent to an activating group) is 1. The van der Waals surface area contributed by atoms with Crippen molar-refractivity contribution >= 4 is 28.9 Å². The molecule has 6 N–H and O–H groups in total. The molecule has 0 aromatic heterocycles. The largest absolute Gasteiger partial charge is 0.508 e. The fraction of sp³-hybridized carbons (Fsp3) is 0.552. The van der Waals surface area contributed by atoms with Crippen LogP contribution in [0.4, 0.5) is 5.69 Å². The van der Waals surface area contributed by atoms with Gasteiger partial charge in [-0.15, -0.1) is 0 Å². The maximum absolute atomic E-state index is 14.0. The van der Waals surface area contributed by atoms with E-state index in [0.29, 0.717) is 18.2 Å². The number of carbonyl (C=O) groups excluding carboxylic acids is 3. The molecule has 5 atom stereocenters. The van der Waals surface area contributed by atoms with Gasteiger partial charge in [0, 0.05) is 43.9 Å². The normalized spacial score (nSPS) is 30.5. The van der Waals surface area contributed by atoms with E-state index in [2.05, 4.69) is 11.8 Å². The number of carbonyl (C=O) groups is 3. The Morgan fingerprint density at radius 3 is 2.40 bits per heavy atom. The standard InChI is InChI=1S/C29H38N4O7/c1-13-7-6-8-33(13)12-15-11-18(34)20-16(22(15)31(2)3)9-14-10-17-23(32(4)5)25(36)21(28(30)39)27(38)29(17,40)26(37)19(14)24(20)35/h11,13-14,17,23,34-35,38,40H,6-10,12H2,1-5H3,(H2,30,39)/t13-,14+,17+,23+,29+/m1/s1. The highest BCUT2D eigenvalue weighted by Crippen LogP contribution is 2.54. The van der Waals surface area contributed by atoms with Crippen LogP contribution in [0.3, 0.4) is 0 Å². The lowest BCUT2D eigenvalue weighted by Gasteiger charge is -2.50. The molecule has 0 radical (unpaired) electrons. The molecule has 0 spiro atoms. The van der Waals surface area contributed by atoms with Gasteiger partial charge in [-0.25, -0.2) is 0 Å². The Bertz CT molecular complexity index is 1380. The molecule has 216 valence electrons. The molecule has 1 aromatic rings. The number of likely N-dealkylation sites (tertiary alicyclic amines) is 1. The lowest BCUT2D eigenvalue weighted by molar-refractivity contribution is -0.153. The van der Waals surface area contributed by atoms with Crippen LogP contribution in [-0.4, -0.2) is 100 Å². The number of primary amides is 1. The molecule has 3 aliphatic carbocycles. The summed E-state index contributed by atoms with van der Waals surface area (Å²) in [5.74, 6) is -6.48. The number of hydrogen-bond donors (Lipinski definition) is 5. The average molecular weight is 555 g/mol. The lowest BCUT2D eigenvalue weighted by atomic mass is 9.57. The number of benzene rings is 1. The number of nitrogens with zero attached hydrogens (tertiary/aromatic N) is 3. The molecule has 5 rings (SSSR count). The highest BCUT2D eigenvalue weighted by atomic mass is 16.3. The van der Waals surface area contributed by atoms with Gasteiger partial charge in [0.2, 0.25) is 5.78 Å². The number of amides is 1. The van der Waals surface area contributed by atoms with Gasteiger partial charge in [0.25, 0.3) is 5.91 Å². The van der Waals surface area contributed by atoms with Gasteiger partial charge < -0.3 is 31.1 Å². The van der Waals surface area contributed by atoms with Crippen LogP contribution >= 0.6 is 0 Å². The van der Waals surface area contributed by atoms with Crippen molar-refractivity contribution in [3.8, 4) is 5.75 Å². The molecule has 1 aliphatic heterocycles. The number of ketones is 2. The van der Waals surface area contributed by atoms with Crippen LogP contribution in [-0.2, 0) is 27.3 Å². The zero-order valence-corrected chi connectivity index (χ0v) is 23.6. The molecule has 11 nitrogen and oxygen atoms in total. The first-order valence-corrected chi connectivity index (χ1v) is 13.7. The van der Waals surface area contributed by atoms with E-state index in [1.165, 1.54) is 4.90 Å². The van der Waals surface area contributed by atoms with Gasteiger partial charge in [-0.1, -0.05) is 0 Å². The smallest absolute Gasteiger partial charge is 0.255 e. The summed E-state index contributed by atoms with van der Waals surface area (Å²) in [5, 5.41) is 45.4. The van der Waals surface area contributed by atoms with Crippen molar-refractivity contribution in [2.45, 2.75) is 56.8 Å². The van der Waals surface area contributed by atoms with Crippen molar-refractivity contribution in [3.05, 3.63) is 39.7 Å². The van der Waals surface area contributed by atoms with Crippen molar-refractivity contribution in [3.63, 3.8) is 0 Å².